The molecule has 0 N–H and O–H groups in total. The fourth-order valence-corrected chi connectivity index (χ4v) is 7.41. The van der Waals surface area contributed by atoms with Crippen LogP contribution in [0.25, 0.3) is 86.2 Å². The average molecular weight is 528 g/mol. The van der Waals surface area contributed by atoms with Crippen LogP contribution in [0.1, 0.15) is 0 Å². The van der Waals surface area contributed by atoms with Crippen LogP contribution in [0.15, 0.2) is 132 Å². The number of fused-ring (bicyclic) bond motifs is 10. The van der Waals surface area contributed by atoms with Crippen LogP contribution in [-0.4, -0.2) is 4.98 Å². The van der Waals surface area contributed by atoms with Gasteiger partial charge in [0.1, 0.15) is 11.2 Å². The molecule has 0 unspecified atom stereocenters. The summed E-state index contributed by atoms with van der Waals surface area (Å²) < 4.78 is 9.36. The Morgan fingerprint density at radius 3 is 2.17 bits per heavy atom. The lowest BCUT2D eigenvalue weighted by atomic mass is 9.95. The van der Waals surface area contributed by atoms with Crippen LogP contribution < -0.4 is 0 Å². The minimum Gasteiger partial charge on any atom is -0.455 e. The molecule has 3 heteroatoms. The van der Waals surface area contributed by atoms with Gasteiger partial charge in [-0.1, -0.05) is 97.1 Å². The number of benzene rings is 6. The van der Waals surface area contributed by atoms with Gasteiger partial charge in [-0.15, -0.1) is 11.3 Å². The topological polar surface area (TPSA) is 26.0 Å². The molecule has 0 atom stereocenters. The molecular weight excluding hydrogens is 506 g/mol. The van der Waals surface area contributed by atoms with Gasteiger partial charge in [0, 0.05) is 52.7 Å². The van der Waals surface area contributed by atoms with Gasteiger partial charge in [0.2, 0.25) is 0 Å². The first-order chi connectivity index (χ1) is 19.8. The summed E-state index contributed by atoms with van der Waals surface area (Å²) in [6, 6.07) is 45.2. The Morgan fingerprint density at radius 2 is 1.25 bits per heavy atom. The summed E-state index contributed by atoms with van der Waals surface area (Å²) in [6.07, 6.45) is 0. The molecule has 2 nitrogen and oxygen atoms in total. The number of rotatable bonds is 2. The molecule has 0 aliphatic carbocycles. The van der Waals surface area contributed by atoms with Gasteiger partial charge in [-0.2, -0.15) is 0 Å². The second-order valence-electron chi connectivity index (χ2n) is 10.3. The van der Waals surface area contributed by atoms with Crippen molar-refractivity contribution >= 4 is 75.1 Å². The second-order valence-corrected chi connectivity index (χ2v) is 11.4. The summed E-state index contributed by atoms with van der Waals surface area (Å²) >= 11 is 1.85. The smallest absolute Gasteiger partial charge is 0.144 e. The number of furan rings is 1. The minimum absolute atomic E-state index is 0.901. The molecule has 0 fully saturated rings. The Bertz CT molecular complexity index is 2430. The molecule has 0 bridgehead atoms. The predicted octanol–water partition coefficient (Wildman–Crippen LogP) is 11.0. The molecule has 186 valence electrons. The van der Waals surface area contributed by atoms with Crippen molar-refractivity contribution in [2.24, 2.45) is 0 Å². The summed E-state index contributed by atoms with van der Waals surface area (Å²) in [4.78, 5) is 5.11. The molecule has 0 aliphatic heterocycles. The zero-order chi connectivity index (χ0) is 26.2. The molecule has 3 aromatic heterocycles. The number of pyridine rings is 1. The normalized spacial score (nSPS) is 12.0. The monoisotopic (exact) mass is 527 g/mol. The predicted molar refractivity (Wildman–Crippen MR) is 170 cm³/mol. The molecule has 0 saturated carbocycles. The van der Waals surface area contributed by atoms with Gasteiger partial charge in [0.25, 0.3) is 0 Å². The Morgan fingerprint density at radius 1 is 0.500 bits per heavy atom. The maximum absolute atomic E-state index is 6.74. The minimum atomic E-state index is 0.901. The Balaban J connectivity index is 1.37. The lowest BCUT2D eigenvalue weighted by Gasteiger charge is -2.10. The molecule has 0 aliphatic rings. The van der Waals surface area contributed by atoms with Gasteiger partial charge in [-0.05, 0) is 41.5 Å². The maximum Gasteiger partial charge on any atom is 0.144 e. The van der Waals surface area contributed by atoms with Gasteiger partial charge in [0.05, 0.1) is 11.2 Å². The van der Waals surface area contributed by atoms with Crippen molar-refractivity contribution in [3.8, 4) is 22.4 Å². The van der Waals surface area contributed by atoms with Crippen molar-refractivity contribution in [3.63, 3.8) is 0 Å². The van der Waals surface area contributed by atoms with Gasteiger partial charge >= 0.3 is 0 Å². The van der Waals surface area contributed by atoms with Crippen LogP contribution in [0.5, 0.6) is 0 Å². The van der Waals surface area contributed by atoms with Crippen LogP contribution in [0, 0.1) is 0 Å². The number of nitrogens with zero attached hydrogens (tertiary/aromatic N) is 1. The summed E-state index contributed by atoms with van der Waals surface area (Å²) in [5.41, 5.74) is 7.27. The zero-order valence-corrected chi connectivity index (χ0v) is 22.2. The van der Waals surface area contributed by atoms with E-state index in [1.807, 2.05) is 17.4 Å². The van der Waals surface area contributed by atoms with E-state index in [0.29, 0.717) is 0 Å². The molecule has 0 amide bonds. The van der Waals surface area contributed by atoms with Crippen LogP contribution in [0.3, 0.4) is 0 Å². The number of thiophene rings is 1. The van der Waals surface area contributed by atoms with Gasteiger partial charge < -0.3 is 4.42 Å². The highest BCUT2D eigenvalue weighted by atomic mass is 32.1. The highest BCUT2D eigenvalue weighted by Gasteiger charge is 2.19. The first-order valence-corrected chi connectivity index (χ1v) is 14.3. The number of hydrogen-bond donors (Lipinski definition) is 0. The van der Waals surface area contributed by atoms with E-state index < -0.39 is 0 Å². The van der Waals surface area contributed by atoms with Crippen molar-refractivity contribution in [2.45, 2.75) is 0 Å². The Kier molecular flexibility index (Phi) is 4.52. The third-order valence-corrected chi connectivity index (χ3v) is 9.20. The van der Waals surface area contributed by atoms with Crippen molar-refractivity contribution < 1.29 is 4.42 Å². The summed E-state index contributed by atoms with van der Waals surface area (Å²) in [5, 5.41) is 8.24. The molecule has 0 saturated heterocycles. The fourth-order valence-electron chi connectivity index (χ4n) is 6.27. The van der Waals surface area contributed by atoms with Gasteiger partial charge in [-0.3, -0.25) is 0 Å². The van der Waals surface area contributed by atoms with E-state index in [2.05, 4.69) is 121 Å². The third kappa shape index (κ3) is 3.07. The lowest BCUT2D eigenvalue weighted by Crippen LogP contribution is -1.90. The molecule has 0 spiro atoms. The molecule has 3 heterocycles. The van der Waals surface area contributed by atoms with E-state index in [0.717, 1.165) is 54.9 Å². The van der Waals surface area contributed by atoms with E-state index in [1.165, 1.54) is 31.3 Å². The first kappa shape index (κ1) is 21.9. The van der Waals surface area contributed by atoms with Crippen LogP contribution in [0.4, 0.5) is 0 Å². The van der Waals surface area contributed by atoms with Crippen LogP contribution in [-0.2, 0) is 0 Å². The Labute approximate surface area is 233 Å². The highest BCUT2D eigenvalue weighted by Crippen LogP contribution is 2.44. The van der Waals surface area contributed by atoms with Crippen molar-refractivity contribution in [3.05, 3.63) is 127 Å². The van der Waals surface area contributed by atoms with Crippen molar-refractivity contribution in [2.75, 3.05) is 0 Å². The zero-order valence-electron chi connectivity index (χ0n) is 21.4. The highest BCUT2D eigenvalue weighted by molar-refractivity contribution is 7.25. The van der Waals surface area contributed by atoms with E-state index in [-0.39, 0.29) is 0 Å². The average Bonchev–Trinajstić information content (AvgIpc) is 3.59. The van der Waals surface area contributed by atoms with E-state index >= 15 is 0 Å². The standard InChI is InChI=1S/C37H21NOS/c1-2-9-22(10-3-1)36-28-19-20-29-34-24(23-17-18-26-25-11-5-7-16-32(25)40-33(26)21-23)13-8-15-31(34)39-37(29)35(28)27-12-4-6-14-30(27)38-36/h1-21H. The van der Waals surface area contributed by atoms with Crippen LogP contribution in [0.2, 0.25) is 0 Å². The Hall–Kier alpha value is -4.99. The number of para-hydroxylation sites is 1. The summed E-state index contributed by atoms with van der Waals surface area (Å²) in [7, 11) is 0. The second kappa shape index (κ2) is 8.25. The van der Waals surface area contributed by atoms with Crippen molar-refractivity contribution in [1.29, 1.82) is 0 Å². The quantitative estimate of drug-likeness (QED) is 0.209. The molecular formula is C37H21NOS. The van der Waals surface area contributed by atoms with E-state index in [9.17, 15) is 0 Å². The largest absolute Gasteiger partial charge is 0.455 e. The molecule has 9 rings (SSSR count). The molecule has 6 aromatic carbocycles. The molecule has 40 heavy (non-hydrogen) atoms. The molecule has 0 radical (unpaired) electrons. The summed E-state index contributed by atoms with van der Waals surface area (Å²) in [6.45, 7) is 0. The fraction of sp³-hybridized carbons (Fsp3) is 0. The SMILES string of the molecule is c1ccc(-c2nc3ccccc3c3c2ccc2c3oc3cccc(-c4ccc5c(c4)sc4ccccc45)c32)cc1. The molecule has 9 aromatic rings. The van der Waals surface area contributed by atoms with Crippen molar-refractivity contribution in [1.82, 2.24) is 4.98 Å². The first-order valence-electron chi connectivity index (χ1n) is 13.5. The summed E-state index contributed by atoms with van der Waals surface area (Å²) in [5.74, 6) is 0. The van der Waals surface area contributed by atoms with E-state index in [1.54, 1.807) is 0 Å². The van der Waals surface area contributed by atoms with Crippen LogP contribution >= 0.6 is 11.3 Å². The van der Waals surface area contributed by atoms with Gasteiger partial charge in [0.15, 0.2) is 0 Å². The lowest BCUT2D eigenvalue weighted by molar-refractivity contribution is 0.673. The maximum atomic E-state index is 6.74. The van der Waals surface area contributed by atoms with Gasteiger partial charge in [-0.25, -0.2) is 4.98 Å². The van der Waals surface area contributed by atoms with E-state index in [4.69, 9.17) is 9.40 Å². The number of aromatic nitrogens is 1. The third-order valence-electron chi connectivity index (χ3n) is 8.06. The number of hydrogen-bond acceptors (Lipinski definition) is 3.